The Morgan fingerprint density at radius 3 is 2.43 bits per heavy atom. The maximum absolute atomic E-state index is 13.6. The molecule has 0 spiro atoms. The van der Waals surface area contributed by atoms with E-state index in [0.29, 0.717) is 38.4 Å². The number of aliphatic hydroxyl groups is 1. The first kappa shape index (κ1) is 20.7. The average molecular weight is 410 g/mol. The Bertz CT molecular complexity index is 851. The van der Waals surface area contributed by atoms with E-state index in [2.05, 4.69) is 4.99 Å². The summed E-state index contributed by atoms with van der Waals surface area (Å²) >= 11 is 0. The van der Waals surface area contributed by atoms with Crippen molar-refractivity contribution in [2.45, 2.75) is 50.7 Å². The molecule has 1 aliphatic carbocycles. The van der Waals surface area contributed by atoms with E-state index in [4.69, 9.17) is 10.2 Å². The average Bonchev–Trinajstić information content (AvgIpc) is 3.52. The lowest BCUT2D eigenvalue weighted by atomic mass is 9.71. The highest BCUT2D eigenvalue weighted by atomic mass is 16.3. The zero-order valence-corrected chi connectivity index (χ0v) is 17.4. The van der Waals surface area contributed by atoms with Gasteiger partial charge in [-0.15, -0.1) is 0 Å². The molecule has 2 aromatic rings. The summed E-state index contributed by atoms with van der Waals surface area (Å²) < 4.78 is 5.29. The quantitative estimate of drug-likeness (QED) is 0.563. The largest absolute Gasteiger partial charge is 0.467 e. The number of carbonyl (C=O) groups excluding carboxylic acids is 1. The summed E-state index contributed by atoms with van der Waals surface area (Å²) in [6, 6.07) is 13.2. The van der Waals surface area contributed by atoms with Crippen LogP contribution in [0.4, 0.5) is 0 Å². The molecule has 0 unspecified atom stereocenters. The van der Waals surface area contributed by atoms with Crippen molar-refractivity contribution < 1.29 is 14.3 Å². The van der Waals surface area contributed by atoms with E-state index in [-0.39, 0.29) is 17.6 Å². The van der Waals surface area contributed by atoms with Crippen LogP contribution in [0.1, 0.15) is 49.8 Å². The molecule has 0 bridgehead atoms. The Morgan fingerprint density at radius 2 is 1.80 bits per heavy atom. The maximum Gasteiger partial charge on any atom is 0.191 e. The first-order chi connectivity index (χ1) is 14.6. The number of nitrogens with two attached hydrogens (primary N) is 1. The Kier molecular flexibility index (Phi) is 6.23. The monoisotopic (exact) mass is 409 g/mol. The molecule has 3 N–H and O–H groups in total. The molecule has 2 aliphatic rings. The minimum absolute atomic E-state index is 0.00496. The fraction of sp³-hybridized carbons (Fsp3) is 0.500. The number of nitrogens with zero attached hydrogens (tertiary/aromatic N) is 2. The van der Waals surface area contributed by atoms with Crippen molar-refractivity contribution in [1.82, 2.24) is 4.90 Å². The molecule has 6 heteroatoms. The third-order valence-electron chi connectivity index (χ3n) is 6.70. The predicted octanol–water partition coefficient (Wildman–Crippen LogP) is 3.45. The van der Waals surface area contributed by atoms with Gasteiger partial charge in [0.1, 0.15) is 12.3 Å². The Morgan fingerprint density at radius 1 is 1.10 bits per heavy atom. The smallest absolute Gasteiger partial charge is 0.191 e. The highest BCUT2D eigenvalue weighted by Crippen LogP contribution is 2.43. The maximum atomic E-state index is 13.6. The van der Waals surface area contributed by atoms with Crippen LogP contribution in [0.2, 0.25) is 0 Å². The second-order valence-corrected chi connectivity index (χ2v) is 8.49. The van der Waals surface area contributed by atoms with E-state index in [0.717, 1.165) is 37.0 Å². The number of rotatable bonds is 6. The van der Waals surface area contributed by atoms with E-state index in [9.17, 15) is 9.90 Å². The molecule has 6 nitrogen and oxygen atoms in total. The second kappa shape index (κ2) is 9.04. The number of Topliss-reactive ketones (excluding diaryl/α,β-unsaturated/α-hetero) is 1. The zero-order chi connectivity index (χ0) is 21.0. The standard InChI is InChI=1S/C24H31N3O3/c25-23(26-17-21-11-6-16-30-21)27-14-12-18(13-15-27)22(28)24(29,20-9-4-5-10-20)19-7-2-1-3-8-19/h1-3,6-8,11,16,18,20,29H,4-5,9-10,12-15,17H2,(H2,25,26)/t24-/m0/s1. The summed E-state index contributed by atoms with van der Waals surface area (Å²) in [5.41, 5.74) is 5.52. The normalized spacial score (nSPS) is 21.0. The third kappa shape index (κ3) is 4.15. The number of benzene rings is 1. The number of likely N-dealkylation sites (tertiary alicyclic amines) is 1. The third-order valence-corrected chi connectivity index (χ3v) is 6.70. The van der Waals surface area contributed by atoms with Crippen molar-refractivity contribution in [2.75, 3.05) is 13.1 Å². The lowest BCUT2D eigenvalue weighted by Crippen LogP contribution is -2.50. The minimum Gasteiger partial charge on any atom is -0.467 e. The van der Waals surface area contributed by atoms with Gasteiger partial charge in [-0.05, 0) is 49.3 Å². The number of ketones is 1. The predicted molar refractivity (Wildman–Crippen MR) is 116 cm³/mol. The van der Waals surface area contributed by atoms with E-state index in [1.807, 2.05) is 47.4 Å². The van der Waals surface area contributed by atoms with Crippen LogP contribution in [0.25, 0.3) is 0 Å². The van der Waals surface area contributed by atoms with Gasteiger partial charge in [-0.2, -0.15) is 0 Å². The molecule has 1 atom stereocenters. The van der Waals surface area contributed by atoms with Crippen LogP contribution < -0.4 is 5.73 Å². The Balaban J connectivity index is 1.43. The highest BCUT2D eigenvalue weighted by Gasteiger charge is 2.48. The van der Waals surface area contributed by atoms with E-state index in [1.54, 1.807) is 6.26 Å². The molecule has 30 heavy (non-hydrogen) atoms. The Hall–Kier alpha value is -2.60. The molecule has 1 aliphatic heterocycles. The van der Waals surface area contributed by atoms with E-state index >= 15 is 0 Å². The number of hydrogen-bond acceptors (Lipinski definition) is 4. The molecule has 1 aromatic carbocycles. The highest BCUT2D eigenvalue weighted by molar-refractivity contribution is 5.91. The number of aliphatic imine (C=N–C) groups is 1. The molecule has 2 fully saturated rings. The summed E-state index contributed by atoms with van der Waals surface area (Å²) in [5, 5.41) is 11.7. The fourth-order valence-electron chi connectivity index (χ4n) is 4.96. The summed E-state index contributed by atoms with van der Waals surface area (Å²) in [6.45, 7) is 1.74. The van der Waals surface area contributed by atoms with Gasteiger partial charge in [0.2, 0.25) is 0 Å². The zero-order valence-electron chi connectivity index (χ0n) is 17.4. The van der Waals surface area contributed by atoms with Crippen LogP contribution >= 0.6 is 0 Å². The molecule has 1 saturated heterocycles. The molecule has 0 radical (unpaired) electrons. The van der Waals surface area contributed by atoms with Gasteiger partial charge in [0.25, 0.3) is 0 Å². The van der Waals surface area contributed by atoms with Crippen LogP contribution in [0.5, 0.6) is 0 Å². The first-order valence-corrected chi connectivity index (χ1v) is 11.0. The lowest BCUT2D eigenvalue weighted by molar-refractivity contribution is -0.150. The van der Waals surface area contributed by atoms with Crippen molar-refractivity contribution >= 4 is 11.7 Å². The van der Waals surface area contributed by atoms with Gasteiger partial charge in [0.05, 0.1) is 6.26 Å². The number of piperidine rings is 1. The van der Waals surface area contributed by atoms with Gasteiger partial charge >= 0.3 is 0 Å². The van der Waals surface area contributed by atoms with Crippen LogP contribution in [0.3, 0.4) is 0 Å². The topological polar surface area (TPSA) is 92.1 Å². The van der Waals surface area contributed by atoms with Gasteiger partial charge in [-0.25, -0.2) is 4.99 Å². The van der Waals surface area contributed by atoms with E-state index < -0.39 is 5.60 Å². The number of furan rings is 1. The van der Waals surface area contributed by atoms with Crippen molar-refractivity contribution in [1.29, 1.82) is 0 Å². The van der Waals surface area contributed by atoms with Crippen molar-refractivity contribution in [3.8, 4) is 0 Å². The van der Waals surface area contributed by atoms with Crippen LogP contribution in [-0.2, 0) is 16.9 Å². The van der Waals surface area contributed by atoms with Gasteiger partial charge in [-0.1, -0.05) is 43.2 Å². The fourth-order valence-corrected chi connectivity index (χ4v) is 4.96. The first-order valence-electron chi connectivity index (χ1n) is 11.0. The molecule has 1 aromatic heterocycles. The Labute approximate surface area is 177 Å². The van der Waals surface area contributed by atoms with E-state index in [1.165, 1.54) is 0 Å². The van der Waals surface area contributed by atoms with Crippen LogP contribution in [0.15, 0.2) is 58.1 Å². The number of guanidine groups is 1. The van der Waals surface area contributed by atoms with Crippen molar-refractivity contribution in [3.63, 3.8) is 0 Å². The van der Waals surface area contributed by atoms with Gasteiger partial charge < -0.3 is 20.2 Å². The number of hydrogen-bond donors (Lipinski definition) is 2. The van der Waals surface area contributed by atoms with Crippen molar-refractivity contribution in [2.24, 2.45) is 22.6 Å². The second-order valence-electron chi connectivity index (χ2n) is 8.49. The van der Waals surface area contributed by atoms with Crippen LogP contribution in [-0.4, -0.2) is 34.8 Å². The summed E-state index contributed by atoms with van der Waals surface area (Å²) in [5.74, 6) is 1.07. The van der Waals surface area contributed by atoms with Gasteiger partial charge in [0, 0.05) is 19.0 Å². The summed E-state index contributed by atoms with van der Waals surface area (Å²) in [7, 11) is 0. The minimum atomic E-state index is -1.39. The van der Waals surface area contributed by atoms with Gasteiger partial charge in [0.15, 0.2) is 17.3 Å². The molecule has 1 saturated carbocycles. The lowest BCUT2D eigenvalue weighted by Gasteiger charge is -2.39. The summed E-state index contributed by atoms with van der Waals surface area (Å²) in [6.07, 6.45) is 6.94. The van der Waals surface area contributed by atoms with Crippen LogP contribution in [0, 0.1) is 11.8 Å². The molecule has 4 rings (SSSR count). The number of carbonyl (C=O) groups is 1. The molecule has 0 amide bonds. The van der Waals surface area contributed by atoms with Crippen molar-refractivity contribution in [3.05, 3.63) is 60.1 Å². The molecular formula is C24H31N3O3. The summed E-state index contributed by atoms with van der Waals surface area (Å²) in [4.78, 5) is 20.1. The molecule has 160 valence electrons. The molecular weight excluding hydrogens is 378 g/mol. The van der Waals surface area contributed by atoms with Gasteiger partial charge in [-0.3, -0.25) is 4.79 Å². The SMILES string of the molecule is NC(=NCc1ccco1)N1CCC(C(=O)[C@](O)(c2ccccc2)C2CCCC2)CC1. The molecule has 2 heterocycles.